The molecule has 0 bridgehead atoms. The number of aryl methyl sites for hydroxylation is 2. The van der Waals surface area contributed by atoms with Gasteiger partial charge in [0.2, 0.25) is 0 Å². The maximum absolute atomic E-state index is 6.32. The Hall–Kier alpha value is -1.76. The third-order valence-corrected chi connectivity index (χ3v) is 3.78. The molecule has 0 fully saturated rings. The van der Waals surface area contributed by atoms with Crippen molar-refractivity contribution < 1.29 is 0 Å². The summed E-state index contributed by atoms with van der Waals surface area (Å²) in [5.74, 6) is 0.430. The Morgan fingerprint density at radius 3 is 2.25 bits per heavy atom. The van der Waals surface area contributed by atoms with Gasteiger partial charge in [0.15, 0.2) is 0 Å². The molecule has 0 saturated heterocycles. The van der Waals surface area contributed by atoms with Gasteiger partial charge in [-0.25, -0.2) is 0 Å². The van der Waals surface area contributed by atoms with Crippen LogP contribution in [0.25, 0.3) is 5.57 Å². The molecule has 0 spiro atoms. The van der Waals surface area contributed by atoms with Crippen molar-refractivity contribution in [2.75, 3.05) is 5.73 Å². The van der Waals surface area contributed by atoms with Crippen LogP contribution in [-0.4, -0.2) is 0 Å². The van der Waals surface area contributed by atoms with Crippen molar-refractivity contribution in [3.8, 4) is 0 Å². The van der Waals surface area contributed by atoms with Gasteiger partial charge in [0.05, 0.1) is 0 Å². The average Bonchev–Trinajstić information content (AvgIpc) is 2.33. The zero-order valence-electron chi connectivity index (χ0n) is 13.5. The van der Waals surface area contributed by atoms with E-state index in [9.17, 15) is 0 Å². The number of anilines is 1. The molecule has 0 heterocycles. The first-order valence-electron chi connectivity index (χ1n) is 7.11. The molecule has 0 saturated carbocycles. The molecule has 1 aromatic rings. The van der Waals surface area contributed by atoms with E-state index in [1.807, 2.05) is 6.92 Å². The second kappa shape index (κ2) is 6.60. The number of hydrogen-bond donors (Lipinski definition) is 1. The minimum atomic E-state index is 0.430. The maximum atomic E-state index is 6.32. The molecule has 1 rings (SSSR count). The van der Waals surface area contributed by atoms with E-state index in [2.05, 4.69) is 59.1 Å². The van der Waals surface area contributed by atoms with E-state index in [0.717, 1.165) is 23.2 Å². The van der Waals surface area contributed by atoms with Gasteiger partial charge in [-0.15, -0.1) is 0 Å². The summed E-state index contributed by atoms with van der Waals surface area (Å²) in [5.41, 5.74) is 14.2. The second-order valence-corrected chi connectivity index (χ2v) is 5.96. The van der Waals surface area contributed by atoms with E-state index >= 15 is 0 Å². The van der Waals surface area contributed by atoms with Crippen LogP contribution in [0.3, 0.4) is 0 Å². The fourth-order valence-corrected chi connectivity index (χ4v) is 2.29. The smallest absolute Gasteiger partial charge is 0.0422 e. The molecule has 1 heteroatoms. The molecule has 0 aliphatic rings. The summed E-state index contributed by atoms with van der Waals surface area (Å²) in [6, 6.07) is 4.22. The lowest BCUT2D eigenvalue weighted by Gasteiger charge is -2.19. The SMILES string of the molecule is C=C(C)/C=C(/CC(C)C(=C)C)c1c(C)ccc(C)c1N. The van der Waals surface area contributed by atoms with Crippen LogP contribution in [0.15, 0.2) is 42.5 Å². The third kappa shape index (κ3) is 3.86. The lowest BCUT2D eigenvalue weighted by atomic mass is 9.87. The fourth-order valence-electron chi connectivity index (χ4n) is 2.29. The average molecular weight is 269 g/mol. The number of rotatable bonds is 5. The molecule has 2 N–H and O–H groups in total. The summed E-state index contributed by atoms with van der Waals surface area (Å²) in [7, 11) is 0. The molecule has 1 atom stereocenters. The Morgan fingerprint density at radius 2 is 1.75 bits per heavy atom. The number of nitrogens with two attached hydrogens (primary N) is 1. The monoisotopic (exact) mass is 269 g/mol. The minimum absolute atomic E-state index is 0.430. The van der Waals surface area contributed by atoms with Crippen LogP contribution in [-0.2, 0) is 0 Å². The van der Waals surface area contributed by atoms with Gasteiger partial charge in [0, 0.05) is 11.3 Å². The van der Waals surface area contributed by atoms with Crippen molar-refractivity contribution in [1.82, 2.24) is 0 Å². The zero-order valence-corrected chi connectivity index (χ0v) is 13.5. The Balaban J connectivity index is 3.36. The van der Waals surface area contributed by atoms with Crippen LogP contribution in [0.4, 0.5) is 5.69 Å². The highest BCUT2D eigenvalue weighted by molar-refractivity contribution is 5.80. The minimum Gasteiger partial charge on any atom is -0.398 e. The van der Waals surface area contributed by atoms with Crippen molar-refractivity contribution >= 4 is 11.3 Å². The first-order valence-corrected chi connectivity index (χ1v) is 7.11. The number of hydrogen-bond acceptors (Lipinski definition) is 1. The van der Waals surface area contributed by atoms with E-state index in [-0.39, 0.29) is 0 Å². The van der Waals surface area contributed by atoms with Gasteiger partial charge in [-0.3, -0.25) is 0 Å². The van der Waals surface area contributed by atoms with Crippen LogP contribution < -0.4 is 5.73 Å². The second-order valence-electron chi connectivity index (χ2n) is 5.96. The number of nitrogen functional groups attached to an aromatic ring is 1. The molecule has 108 valence electrons. The first kappa shape index (κ1) is 16.3. The van der Waals surface area contributed by atoms with Gasteiger partial charge >= 0.3 is 0 Å². The fraction of sp³-hybridized carbons (Fsp3) is 0.368. The predicted molar refractivity (Wildman–Crippen MR) is 91.7 cm³/mol. The van der Waals surface area contributed by atoms with Crippen LogP contribution >= 0.6 is 0 Å². The number of benzene rings is 1. The summed E-state index contributed by atoms with van der Waals surface area (Å²) >= 11 is 0. The Bertz CT molecular complexity index is 561. The Labute approximate surface area is 123 Å². The summed E-state index contributed by atoms with van der Waals surface area (Å²) in [6.45, 7) is 18.5. The van der Waals surface area contributed by atoms with E-state index < -0.39 is 0 Å². The lowest BCUT2D eigenvalue weighted by molar-refractivity contribution is 0.707. The quantitative estimate of drug-likeness (QED) is 0.429. The molecule has 0 aliphatic heterocycles. The largest absolute Gasteiger partial charge is 0.398 e. The highest BCUT2D eigenvalue weighted by Crippen LogP contribution is 2.34. The molecular formula is C19H27N. The molecule has 0 radical (unpaired) electrons. The normalized spacial score (nSPS) is 13.2. The molecule has 0 aromatic heterocycles. The van der Waals surface area contributed by atoms with Gasteiger partial charge in [-0.1, -0.05) is 49.4 Å². The van der Waals surface area contributed by atoms with E-state index in [4.69, 9.17) is 5.73 Å². The maximum Gasteiger partial charge on any atom is 0.0422 e. The number of allylic oxidation sites excluding steroid dienone is 4. The third-order valence-electron chi connectivity index (χ3n) is 3.78. The molecule has 1 unspecified atom stereocenters. The topological polar surface area (TPSA) is 26.0 Å². The van der Waals surface area contributed by atoms with E-state index in [1.54, 1.807) is 0 Å². The standard InChI is InChI=1S/C19H27N/c1-12(2)10-17(11-16(7)13(3)4)18-14(5)8-9-15(6)19(18)20/h8-10,16H,1,3,11,20H2,2,4-7H3/b17-10-. The molecule has 1 nitrogen and oxygen atoms in total. The van der Waals surface area contributed by atoms with Crippen molar-refractivity contribution in [2.24, 2.45) is 5.92 Å². The van der Waals surface area contributed by atoms with Crippen LogP contribution in [0.2, 0.25) is 0 Å². The Morgan fingerprint density at radius 1 is 1.20 bits per heavy atom. The van der Waals surface area contributed by atoms with Gasteiger partial charge in [0.25, 0.3) is 0 Å². The summed E-state index contributed by atoms with van der Waals surface area (Å²) in [4.78, 5) is 0. The summed E-state index contributed by atoms with van der Waals surface area (Å²) < 4.78 is 0. The van der Waals surface area contributed by atoms with Crippen molar-refractivity contribution in [3.05, 3.63) is 59.2 Å². The van der Waals surface area contributed by atoms with Crippen molar-refractivity contribution in [1.29, 1.82) is 0 Å². The Kier molecular flexibility index (Phi) is 5.38. The van der Waals surface area contributed by atoms with Crippen LogP contribution in [0.5, 0.6) is 0 Å². The summed E-state index contributed by atoms with van der Waals surface area (Å²) in [6.07, 6.45) is 3.09. The molecule has 0 amide bonds. The highest BCUT2D eigenvalue weighted by Gasteiger charge is 2.14. The lowest BCUT2D eigenvalue weighted by Crippen LogP contribution is -2.04. The summed E-state index contributed by atoms with van der Waals surface area (Å²) in [5, 5.41) is 0. The molecule has 1 aromatic carbocycles. The van der Waals surface area contributed by atoms with Crippen LogP contribution in [0.1, 0.15) is 43.9 Å². The van der Waals surface area contributed by atoms with Gasteiger partial charge in [-0.2, -0.15) is 0 Å². The van der Waals surface area contributed by atoms with Gasteiger partial charge in [-0.05, 0) is 56.7 Å². The predicted octanol–water partition coefficient (Wildman–Crippen LogP) is 5.45. The van der Waals surface area contributed by atoms with Gasteiger partial charge in [0.1, 0.15) is 0 Å². The van der Waals surface area contributed by atoms with Crippen molar-refractivity contribution in [3.63, 3.8) is 0 Å². The highest BCUT2D eigenvalue weighted by atomic mass is 14.6. The van der Waals surface area contributed by atoms with E-state index in [0.29, 0.717) is 5.92 Å². The van der Waals surface area contributed by atoms with E-state index in [1.165, 1.54) is 22.3 Å². The van der Waals surface area contributed by atoms with Gasteiger partial charge < -0.3 is 5.73 Å². The zero-order chi connectivity index (χ0) is 15.4. The molecule has 0 aliphatic carbocycles. The van der Waals surface area contributed by atoms with Crippen molar-refractivity contribution in [2.45, 2.75) is 41.0 Å². The van der Waals surface area contributed by atoms with Crippen LogP contribution in [0, 0.1) is 19.8 Å². The first-order chi connectivity index (χ1) is 9.23. The molecule has 20 heavy (non-hydrogen) atoms. The molecular weight excluding hydrogens is 242 g/mol.